The summed E-state index contributed by atoms with van der Waals surface area (Å²) in [5.41, 5.74) is 0.289. The van der Waals surface area contributed by atoms with Crippen LogP contribution in [0.2, 0.25) is 0 Å². The highest BCUT2D eigenvalue weighted by Crippen LogP contribution is 2.43. The molecule has 11 unspecified atom stereocenters. The van der Waals surface area contributed by atoms with Crippen LogP contribution in [0.25, 0.3) is 0 Å². The zero-order chi connectivity index (χ0) is 30.5. The van der Waals surface area contributed by atoms with Gasteiger partial charge in [-0.15, -0.1) is 0 Å². The van der Waals surface area contributed by atoms with E-state index in [-0.39, 0.29) is 29.2 Å². The van der Waals surface area contributed by atoms with Gasteiger partial charge in [-0.25, -0.2) is 0 Å². The van der Waals surface area contributed by atoms with Gasteiger partial charge < -0.3 is 69.6 Å². The number of ether oxygens (including phenoxy) is 5. The SMILES string of the molecule is CC1OC(Oc2cc(O)c3c(c2)OC(c2ccc(O)c(O)c2)CC3=O)C(O)C(O)C1OC1OC(CO)C(O)C(O)C1O. The molecule has 2 saturated heterocycles. The second-order valence-electron chi connectivity index (χ2n) is 10.4. The Morgan fingerprint density at radius 3 is 2.24 bits per heavy atom. The van der Waals surface area contributed by atoms with Crippen LogP contribution in [-0.2, 0) is 14.2 Å². The topological polar surface area (TPSA) is 245 Å². The quantitative estimate of drug-likeness (QED) is 0.173. The third kappa shape index (κ3) is 5.58. The Bertz CT molecular complexity index is 1300. The molecule has 0 spiro atoms. The van der Waals surface area contributed by atoms with Crippen LogP contribution < -0.4 is 9.47 Å². The minimum atomic E-state index is -1.75. The van der Waals surface area contributed by atoms with Gasteiger partial charge in [0.05, 0.1) is 19.1 Å². The van der Waals surface area contributed by atoms with Gasteiger partial charge in [-0.05, 0) is 24.6 Å². The zero-order valence-electron chi connectivity index (χ0n) is 22.1. The van der Waals surface area contributed by atoms with Crippen molar-refractivity contribution in [2.75, 3.05) is 6.61 Å². The molecule has 9 N–H and O–H groups in total. The summed E-state index contributed by atoms with van der Waals surface area (Å²) in [5, 5.41) is 91.1. The lowest BCUT2D eigenvalue weighted by atomic mass is 9.95. The third-order valence-electron chi connectivity index (χ3n) is 7.51. The summed E-state index contributed by atoms with van der Waals surface area (Å²) in [7, 11) is 0. The van der Waals surface area contributed by atoms with Crippen molar-refractivity contribution in [3.8, 4) is 28.7 Å². The highest BCUT2D eigenvalue weighted by molar-refractivity contribution is 6.02. The molecule has 3 heterocycles. The van der Waals surface area contributed by atoms with Crippen molar-refractivity contribution < 1.29 is 74.4 Å². The first-order valence-corrected chi connectivity index (χ1v) is 13.1. The van der Waals surface area contributed by atoms with Crippen molar-refractivity contribution in [1.29, 1.82) is 0 Å². The Morgan fingerprint density at radius 2 is 1.55 bits per heavy atom. The van der Waals surface area contributed by atoms with Gasteiger partial charge in [-0.1, -0.05) is 6.07 Å². The van der Waals surface area contributed by atoms with Crippen LogP contribution in [-0.4, -0.2) is 120 Å². The summed E-state index contributed by atoms with van der Waals surface area (Å²) >= 11 is 0. The molecule has 0 radical (unpaired) electrons. The van der Waals surface area contributed by atoms with Crippen molar-refractivity contribution in [1.82, 2.24) is 0 Å². The van der Waals surface area contributed by atoms with E-state index < -0.39 is 91.4 Å². The molecule has 2 aromatic carbocycles. The Kier molecular flexibility index (Phi) is 8.48. The molecular weight excluding hydrogens is 564 g/mol. The van der Waals surface area contributed by atoms with Gasteiger partial charge in [0, 0.05) is 12.1 Å². The lowest BCUT2D eigenvalue weighted by Gasteiger charge is -2.45. The maximum Gasteiger partial charge on any atom is 0.229 e. The number of carbonyl (C=O) groups excluding carboxylic acids is 1. The molecule has 0 aliphatic carbocycles. The van der Waals surface area contributed by atoms with E-state index in [1.807, 2.05) is 0 Å². The molecule has 0 saturated carbocycles. The standard InChI is InChI=1S/C27H32O15/c1-9-25(42-27-23(36)21(34)20(33)18(8-28)41-27)22(35)24(37)26(38-9)39-11-5-14(31)19-15(32)7-16(40-17(19)6-11)10-2-3-12(29)13(30)4-10/h2-6,9,16,18,20-31,33-37H,7-8H2,1H3. The first kappa shape index (κ1) is 30.2. The minimum absolute atomic E-state index is 0.0541. The van der Waals surface area contributed by atoms with E-state index in [0.29, 0.717) is 5.56 Å². The number of fused-ring (bicyclic) bond motifs is 1. The van der Waals surface area contributed by atoms with E-state index in [1.54, 1.807) is 0 Å². The maximum absolute atomic E-state index is 12.8. The van der Waals surface area contributed by atoms with Crippen LogP contribution in [0.15, 0.2) is 30.3 Å². The number of phenolic OH excluding ortho intramolecular Hbond substituents is 3. The van der Waals surface area contributed by atoms with Crippen LogP contribution in [0.3, 0.4) is 0 Å². The zero-order valence-corrected chi connectivity index (χ0v) is 22.1. The Labute approximate surface area is 238 Å². The second kappa shape index (κ2) is 11.8. The molecule has 11 atom stereocenters. The van der Waals surface area contributed by atoms with Gasteiger partial charge in [-0.2, -0.15) is 0 Å². The van der Waals surface area contributed by atoms with Crippen LogP contribution in [0, 0.1) is 0 Å². The fourth-order valence-corrected chi connectivity index (χ4v) is 5.17. The second-order valence-corrected chi connectivity index (χ2v) is 10.4. The molecular formula is C27H32O15. The highest BCUT2D eigenvalue weighted by atomic mass is 16.7. The number of ketones is 1. The van der Waals surface area contributed by atoms with E-state index in [0.717, 1.165) is 6.07 Å². The number of aromatic hydroxyl groups is 3. The van der Waals surface area contributed by atoms with E-state index in [9.17, 15) is 50.8 Å². The number of Topliss-reactive ketones (excluding diaryl/α,β-unsaturated/α-hetero) is 1. The number of hydrogen-bond donors (Lipinski definition) is 9. The lowest BCUT2D eigenvalue weighted by Crippen LogP contribution is -2.64. The number of phenols is 3. The number of carbonyl (C=O) groups is 1. The molecule has 2 aromatic rings. The summed E-state index contributed by atoms with van der Waals surface area (Å²) in [5.74, 6) is -1.82. The number of rotatable bonds is 6. The molecule has 15 heteroatoms. The van der Waals surface area contributed by atoms with Gasteiger partial charge in [0.15, 0.2) is 23.6 Å². The molecule has 5 rings (SSSR count). The van der Waals surface area contributed by atoms with E-state index in [1.165, 1.54) is 31.2 Å². The summed E-state index contributed by atoms with van der Waals surface area (Å²) in [6.07, 6.45) is -16.2. The molecule has 15 nitrogen and oxygen atoms in total. The van der Waals surface area contributed by atoms with Crippen molar-refractivity contribution in [3.63, 3.8) is 0 Å². The van der Waals surface area contributed by atoms with Gasteiger partial charge >= 0.3 is 0 Å². The Hall–Kier alpha value is -3.25. The van der Waals surface area contributed by atoms with Crippen LogP contribution >= 0.6 is 0 Å². The van der Waals surface area contributed by atoms with E-state index >= 15 is 0 Å². The van der Waals surface area contributed by atoms with Gasteiger partial charge in [0.1, 0.15) is 71.6 Å². The maximum atomic E-state index is 12.8. The highest BCUT2D eigenvalue weighted by Gasteiger charge is 2.50. The molecule has 0 amide bonds. The van der Waals surface area contributed by atoms with E-state index in [4.69, 9.17) is 23.7 Å². The van der Waals surface area contributed by atoms with Crippen molar-refractivity contribution in [2.24, 2.45) is 0 Å². The Balaban J connectivity index is 1.30. The number of hydrogen-bond acceptors (Lipinski definition) is 15. The normalized spacial score (nSPS) is 36.6. The molecule has 0 bridgehead atoms. The fourth-order valence-electron chi connectivity index (χ4n) is 5.17. The average Bonchev–Trinajstić information content (AvgIpc) is 2.94. The summed E-state index contributed by atoms with van der Waals surface area (Å²) < 4.78 is 28.2. The summed E-state index contributed by atoms with van der Waals surface area (Å²) in [4.78, 5) is 12.8. The minimum Gasteiger partial charge on any atom is -0.507 e. The monoisotopic (exact) mass is 596 g/mol. The summed E-state index contributed by atoms with van der Waals surface area (Å²) in [6, 6.07) is 6.35. The molecule has 230 valence electrons. The van der Waals surface area contributed by atoms with Crippen molar-refractivity contribution in [3.05, 3.63) is 41.5 Å². The van der Waals surface area contributed by atoms with Crippen LogP contribution in [0.5, 0.6) is 28.7 Å². The molecule has 42 heavy (non-hydrogen) atoms. The van der Waals surface area contributed by atoms with Crippen molar-refractivity contribution >= 4 is 5.78 Å². The first-order chi connectivity index (χ1) is 19.9. The van der Waals surface area contributed by atoms with Crippen LogP contribution in [0.4, 0.5) is 0 Å². The predicted octanol–water partition coefficient (Wildman–Crippen LogP) is -1.46. The van der Waals surface area contributed by atoms with Gasteiger partial charge in [0.25, 0.3) is 0 Å². The fraction of sp³-hybridized carbons (Fsp3) is 0.519. The molecule has 3 aliphatic rings. The van der Waals surface area contributed by atoms with Crippen LogP contribution in [0.1, 0.15) is 35.4 Å². The molecule has 2 fully saturated rings. The van der Waals surface area contributed by atoms with Gasteiger partial charge in [0.2, 0.25) is 6.29 Å². The predicted molar refractivity (Wildman–Crippen MR) is 136 cm³/mol. The average molecular weight is 597 g/mol. The third-order valence-corrected chi connectivity index (χ3v) is 7.51. The largest absolute Gasteiger partial charge is 0.507 e. The lowest BCUT2D eigenvalue weighted by molar-refractivity contribution is -0.348. The summed E-state index contributed by atoms with van der Waals surface area (Å²) in [6.45, 7) is 0.771. The number of aliphatic hydroxyl groups excluding tert-OH is 6. The number of benzene rings is 2. The van der Waals surface area contributed by atoms with Gasteiger partial charge in [-0.3, -0.25) is 4.79 Å². The Morgan fingerprint density at radius 1 is 0.833 bits per heavy atom. The first-order valence-electron chi connectivity index (χ1n) is 13.1. The molecule has 3 aliphatic heterocycles. The number of aliphatic hydroxyl groups is 6. The van der Waals surface area contributed by atoms with E-state index in [2.05, 4.69) is 0 Å². The smallest absolute Gasteiger partial charge is 0.229 e. The van der Waals surface area contributed by atoms with Crippen molar-refractivity contribution in [2.45, 2.75) is 80.9 Å². The molecule has 0 aromatic heterocycles.